The molecule has 0 spiro atoms. The minimum atomic E-state index is 0.250. The second-order valence-corrected chi connectivity index (χ2v) is 10.8. The number of nitrogens with zero attached hydrogens (tertiary/aromatic N) is 4. The van der Waals surface area contributed by atoms with Crippen LogP contribution in [0.3, 0.4) is 0 Å². The smallest absolute Gasteiger partial charge is 0.121 e. The molecule has 3 atom stereocenters. The van der Waals surface area contributed by atoms with E-state index in [4.69, 9.17) is 4.98 Å². The number of fused-ring (bicyclic) bond motifs is 2. The van der Waals surface area contributed by atoms with E-state index in [0.29, 0.717) is 12.1 Å². The summed E-state index contributed by atoms with van der Waals surface area (Å²) in [5.74, 6) is 1.01. The number of para-hydroxylation sites is 2. The van der Waals surface area contributed by atoms with Crippen LogP contribution >= 0.6 is 11.3 Å². The quantitative estimate of drug-likeness (QED) is 0.292. The van der Waals surface area contributed by atoms with E-state index in [1.165, 1.54) is 16.7 Å². The molecule has 0 saturated heterocycles. The zero-order valence-electron chi connectivity index (χ0n) is 21.0. The predicted octanol–water partition coefficient (Wildman–Crippen LogP) is 5.97. The van der Waals surface area contributed by atoms with Gasteiger partial charge in [0.2, 0.25) is 0 Å². The molecular formula is C30H32N6S. The summed E-state index contributed by atoms with van der Waals surface area (Å²) in [4.78, 5) is 20.0. The molecule has 2 aliphatic rings. The molecule has 7 heteroatoms. The lowest BCUT2D eigenvalue weighted by molar-refractivity contribution is 0.188. The van der Waals surface area contributed by atoms with Crippen LogP contribution in [-0.4, -0.2) is 38.2 Å². The molecule has 1 aliphatic heterocycles. The van der Waals surface area contributed by atoms with Gasteiger partial charge in [0, 0.05) is 36.9 Å². The molecule has 0 fully saturated rings. The Bertz CT molecular complexity index is 1380. The molecule has 2 aromatic heterocycles. The summed E-state index contributed by atoms with van der Waals surface area (Å²) in [7, 11) is 0. The number of benzene rings is 2. The summed E-state index contributed by atoms with van der Waals surface area (Å²) >= 11 is 1.69. The monoisotopic (exact) mass is 508 g/mol. The van der Waals surface area contributed by atoms with Crippen LogP contribution in [0.2, 0.25) is 0 Å². The molecular weight excluding hydrogens is 476 g/mol. The summed E-state index contributed by atoms with van der Waals surface area (Å²) in [6, 6.07) is 18.2. The van der Waals surface area contributed by atoms with Crippen molar-refractivity contribution in [2.45, 2.75) is 57.5 Å². The number of allylic oxidation sites excluding steroid dienone is 1. The van der Waals surface area contributed by atoms with Gasteiger partial charge in [0.25, 0.3) is 0 Å². The summed E-state index contributed by atoms with van der Waals surface area (Å²) < 4.78 is 0. The third kappa shape index (κ3) is 5.64. The van der Waals surface area contributed by atoms with Crippen LogP contribution in [0.15, 0.2) is 88.9 Å². The number of aromatic amines is 1. The first kappa shape index (κ1) is 24.0. The average molecular weight is 509 g/mol. The van der Waals surface area contributed by atoms with Crippen molar-refractivity contribution >= 4 is 28.6 Å². The highest BCUT2D eigenvalue weighted by Crippen LogP contribution is 2.29. The fourth-order valence-electron chi connectivity index (χ4n) is 5.20. The van der Waals surface area contributed by atoms with Crippen molar-refractivity contribution < 1.29 is 0 Å². The van der Waals surface area contributed by atoms with Crippen LogP contribution in [0.4, 0.5) is 0 Å². The Morgan fingerprint density at radius 1 is 1.08 bits per heavy atom. The molecule has 6 nitrogen and oxygen atoms in total. The highest BCUT2D eigenvalue weighted by atomic mass is 32.1. The van der Waals surface area contributed by atoms with E-state index in [1.54, 1.807) is 11.3 Å². The van der Waals surface area contributed by atoms with Gasteiger partial charge in [0.15, 0.2) is 0 Å². The fraction of sp³-hybridized carbons (Fsp3) is 0.300. The summed E-state index contributed by atoms with van der Waals surface area (Å²) in [5, 5.41) is 6.74. The Morgan fingerprint density at radius 2 is 1.95 bits per heavy atom. The van der Waals surface area contributed by atoms with E-state index in [2.05, 4.69) is 92.8 Å². The molecule has 3 heterocycles. The fourth-order valence-corrected chi connectivity index (χ4v) is 5.87. The molecule has 0 amide bonds. The molecule has 188 valence electrons. The second kappa shape index (κ2) is 10.9. The third-order valence-electron chi connectivity index (χ3n) is 7.25. The lowest BCUT2D eigenvalue weighted by Gasteiger charge is -2.34. The Labute approximate surface area is 221 Å². The van der Waals surface area contributed by atoms with Crippen molar-refractivity contribution in [1.82, 2.24) is 25.2 Å². The zero-order chi connectivity index (χ0) is 25.0. The van der Waals surface area contributed by atoms with Crippen molar-refractivity contribution in [2.75, 3.05) is 0 Å². The molecule has 0 saturated carbocycles. The van der Waals surface area contributed by atoms with E-state index in [0.717, 1.165) is 54.3 Å². The van der Waals surface area contributed by atoms with E-state index in [9.17, 15) is 0 Å². The Kier molecular flexibility index (Phi) is 7.08. The highest BCUT2D eigenvalue weighted by Gasteiger charge is 2.27. The van der Waals surface area contributed by atoms with Crippen LogP contribution < -0.4 is 5.32 Å². The number of imidazole rings is 1. The number of aromatic nitrogens is 3. The van der Waals surface area contributed by atoms with Crippen molar-refractivity contribution in [3.8, 4) is 0 Å². The number of aliphatic imine (C=N–C) groups is 1. The van der Waals surface area contributed by atoms with Gasteiger partial charge in [-0.1, -0.05) is 48.6 Å². The third-order valence-corrected chi connectivity index (χ3v) is 8.21. The number of nitrogens with one attached hydrogen (secondary N) is 2. The summed E-state index contributed by atoms with van der Waals surface area (Å²) in [6.45, 7) is 4.63. The maximum Gasteiger partial charge on any atom is 0.121 e. The van der Waals surface area contributed by atoms with Crippen LogP contribution in [-0.2, 0) is 19.6 Å². The van der Waals surface area contributed by atoms with Gasteiger partial charge < -0.3 is 10.3 Å². The highest BCUT2D eigenvalue weighted by molar-refractivity contribution is 7.09. The van der Waals surface area contributed by atoms with Gasteiger partial charge in [-0.3, -0.25) is 9.89 Å². The second-order valence-electron chi connectivity index (χ2n) is 9.88. The first-order chi connectivity index (χ1) is 18.2. The minimum Gasteiger partial charge on any atom is -0.341 e. The van der Waals surface area contributed by atoms with E-state index < -0.39 is 0 Å². The Balaban J connectivity index is 1.18. The average Bonchev–Trinajstić information content (AvgIpc) is 3.62. The van der Waals surface area contributed by atoms with Gasteiger partial charge in [0.05, 0.1) is 29.7 Å². The lowest BCUT2D eigenvalue weighted by Crippen LogP contribution is -2.37. The summed E-state index contributed by atoms with van der Waals surface area (Å²) in [5.41, 5.74) is 6.04. The molecule has 6 rings (SSSR count). The molecule has 0 bridgehead atoms. The van der Waals surface area contributed by atoms with Gasteiger partial charge in [-0.05, 0) is 54.7 Å². The van der Waals surface area contributed by atoms with Gasteiger partial charge in [-0.2, -0.15) is 0 Å². The number of dihydropyridines is 1. The topological polar surface area (TPSA) is 69.2 Å². The first-order valence-corrected chi connectivity index (χ1v) is 13.9. The van der Waals surface area contributed by atoms with Crippen LogP contribution in [0.1, 0.15) is 47.8 Å². The molecule has 2 N–H and O–H groups in total. The van der Waals surface area contributed by atoms with Crippen molar-refractivity contribution in [1.29, 1.82) is 0 Å². The maximum absolute atomic E-state index is 4.88. The van der Waals surface area contributed by atoms with Gasteiger partial charge >= 0.3 is 0 Å². The van der Waals surface area contributed by atoms with Crippen molar-refractivity contribution in [3.63, 3.8) is 0 Å². The van der Waals surface area contributed by atoms with E-state index in [1.807, 2.05) is 23.9 Å². The molecule has 2 aromatic carbocycles. The molecule has 4 aromatic rings. The zero-order valence-corrected chi connectivity index (χ0v) is 21.9. The van der Waals surface area contributed by atoms with Crippen LogP contribution in [0.5, 0.6) is 0 Å². The van der Waals surface area contributed by atoms with Crippen LogP contribution in [0.25, 0.3) is 11.0 Å². The SMILES string of the molecule is CC(NCc1ccc(CN(Cc2nc3ccccc3[nH]2)C2C=C3C=CC=NC3CC2)cc1)c1nccs1. The van der Waals surface area contributed by atoms with E-state index in [-0.39, 0.29) is 6.04 Å². The van der Waals surface area contributed by atoms with Gasteiger partial charge in [-0.15, -0.1) is 11.3 Å². The Morgan fingerprint density at radius 3 is 2.78 bits per heavy atom. The Hall–Kier alpha value is -3.39. The predicted molar refractivity (Wildman–Crippen MR) is 152 cm³/mol. The lowest BCUT2D eigenvalue weighted by atomic mass is 9.89. The number of thiazole rings is 1. The number of hydrogen-bond acceptors (Lipinski definition) is 6. The van der Waals surface area contributed by atoms with Gasteiger partial charge in [0.1, 0.15) is 10.8 Å². The normalized spacial score (nSPS) is 19.8. The summed E-state index contributed by atoms with van der Waals surface area (Å²) in [6.07, 6.45) is 12.7. The molecule has 3 unspecified atom stereocenters. The van der Waals surface area contributed by atoms with E-state index >= 15 is 0 Å². The molecule has 0 radical (unpaired) electrons. The van der Waals surface area contributed by atoms with Crippen molar-refractivity contribution in [3.05, 3.63) is 106 Å². The number of rotatable bonds is 9. The van der Waals surface area contributed by atoms with Crippen molar-refractivity contribution in [2.24, 2.45) is 4.99 Å². The van der Waals surface area contributed by atoms with Gasteiger partial charge in [-0.25, -0.2) is 9.97 Å². The number of H-pyrrole nitrogens is 1. The largest absolute Gasteiger partial charge is 0.341 e. The maximum atomic E-state index is 4.88. The van der Waals surface area contributed by atoms with Crippen LogP contribution in [0, 0.1) is 0 Å². The minimum absolute atomic E-state index is 0.250. The first-order valence-electron chi connectivity index (χ1n) is 13.0. The molecule has 1 aliphatic carbocycles. The molecule has 37 heavy (non-hydrogen) atoms. The standard InChI is InChI=1S/C30H32N6S/c1-21(30-32-15-16-37-30)33-18-22-8-10-23(11-9-22)19-36(20-29-34-27-6-2-3-7-28(27)35-29)25-12-13-26-24(17-25)5-4-14-31-26/h2-11,14-17,21,25-26,33H,12-13,18-20H2,1H3,(H,34,35). The number of hydrogen-bond donors (Lipinski definition) is 2.